The fraction of sp³-hybridized carbons (Fsp3) is 0.182. The third-order valence-electron chi connectivity index (χ3n) is 3.90. The number of ether oxygens (including phenoxy) is 2. The molecule has 0 radical (unpaired) electrons. The van der Waals surface area contributed by atoms with E-state index in [-0.39, 0.29) is 11.0 Å². The van der Waals surface area contributed by atoms with Crippen molar-refractivity contribution in [3.63, 3.8) is 0 Å². The average molecular weight is 425 g/mol. The molecule has 1 fully saturated rings. The Morgan fingerprint density at radius 2 is 1.80 bits per heavy atom. The molecule has 1 aliphatic rings. The zero-order valence-corrected chi connectivity index (χ0v) is 17.2. The quantitative estimate of drug-likeness (QED) is 0.394. The van der Waals surface area contributed by atoms with E-state index in [1.807, 2.05) is 0 Å². The van der Waals surface area contributed by atoms with Crippen LogP contribution < -0.4 is 4.74 Å². The Hall–Kier alpha value is -3.39. The topological polar surface area (TPSA) is 90.0 Å². The summed E-state index contributed by atoms with van der Waals surface area (Å²) < 4.78 is 10.4. The molecule has 0 atom stereocenters. The number of nitrogens with zero attached hydrogens (tertiary/aromatic N) is 1. The summed E-state index contributed by atoms with van der Waals surface area (Å²) in [6.45, 7) is 2.93. The Morgan fingerprint density at radius 3 is 2.50 bits per heavy atom. The minimum Gasteiger partial charge on any atom is -0.462 e. The van der Waals surface area contributed by atoms with E-state index in [1.165, 1.54) is 6.08 Å². The van der Waals surface area contributed by atoms with Crippen molar-refractivity contribution in [2.24, 2.45) is 0 Å². The molecule has 1 aliphatic heterocycles. The molecule has 0 unspecified atom stereocenters. The molecule has 154 valence electrons. The zero-order chi connectivity index (χ0) is 21.7. The number of hydrogen-bond acceptors (Lipinski definition) is 7. The lowest BCUT2D eigenvalue weighted by Gasteiger charge is -2.13. The first-order valence-corrected chi connectivity index (χ1v) is 9.97. The summed E-state index contributed by atoms with van der Waals surface area (Å²) in [6.07, 6.45) is 1.17. The highest BCUT2D eigenvalue weighted by Gasteiger charge is 2.36. The predicted octanol–water partition coefficient (Wildman–Crippen LogP) is 3.89. The maximum Gasteiger partial charge on any atom is 0.343 e. The van der Waals surface area contributed by atoms with Crippen LogP contribution in [0, 0.1) is 0 Å². The van der Waals surface area contributed by atoms with Gasteiger partial charge in [-0.3, -0.25) is 19.3 Å². The van der Waals surface area contributed by atoms with Crippen LogP contribution in [-0.2, 0) is 14.3 Å². The van der Waals surface area contributed by atoms with Gasteiger partial charge in [0, 0.05) is 0 Å². The number of esters is 2. The summed E-state index contributed by atoms with van der Waals surface area (Å²) in [5.41, 5.74) is 0.987. The Morgan fingerprint density at radius 1 is 1.07 bits per heavy atom. The first kappa shape index (κ1) is 21.3. The number of benzene rings is 2. The van der Waals surface area contributed by atoms with Crippen molar-refractivity contribution in [2.45, 2.75) is 20.0 Å². The van der Waals surface area contributed by atoms with Gasteiger partial charge in [-0.2, -0.15) is 0 Å². The van der Waals surface area contributed by atoms with Gasteiger partial charge in [-0.05, 0) is 61.5 Å². The number of thioether (sulfide) groups is 1. The molecular formula is C22H19NO6S. The smallest absolute Gasteiger partial charge is 0.343 e. The molecule has 1 saturated heterocycles. The van der Waals surface area contributed by atoms with Crippen LogP contribution in [0.15, 0.2) is 59.5 Å². The van der Waals surface area contributed by atoms with Gasteiger partial charge in [-0.25, -0.2) is 4.79 Å². The molecule has 0 aromatic heterocycles. The third-order valence-corrected chi connectivity index (χ3v) is 4.81. The van der Waals surface area contributed by atoms with Crippen LogP contribution in [0.1, 0.15) is 29.8 Å². The van der Waals surface area contributed by atoms with Crippen LogP contribution in [0.2, 0.25) is 0 Å². The van der Waals surface area contributed by atoms with Gasteiger partial charge < -0.3 is 9.47 Å². The highest BCUT2D eigenvalue weighted by molar-refractivity contribution is 8.18. The van der Waals surface area contributed by atoms with Crippen molar-refractivity contribution in [3.05, 3.63) is 70.6 Å². The van der Waals surface area contributed by atoms with E-state index in [0.717, 1.165) is 16.7 Å². The average Bonchev–Trinajstić information content (AvgIpc) is 2.95. The molecule has 2 aromatic rings. The van der Waals surface area contributed by atoms with Gasteiger partial charge in [0.1, 0.15) is 12.3 Å². The standard InChI is InChI=1S/C22H19NO6S/c1-14(2)28-19(24)13-23-20(25)18(30-22(23)27)12-15-7-6-10-17(11-15)29-21(26)16-8-4-3-5-9-16/h3-12,14H,13H2,1-2H3/b18-12-. The molecule has 0 saturated carbocycles. The van der Waals surface area contributed by atoms with E-state index < -0.39 is 29.6 Å². The van der Waals surface area contributed by atoms with E-state index in [0.29, 0.717) is 16.9 Å². The predicted molar refractivity (Wildman–Crippen MR) is 112 cm³/mol. The van der Waals surface area contributed by atoms with E-state index in [4.69, 9.17) is 9.47 Å². The first-order chi connectivity index (χ1) is 14.3. The molecule has 30 heavy (non-hydrogen) atoms. The Bertz CT molecular complexity index is 1020. The minimum absolute atomic E-state index is 0.170. The molecule has 0 aliphatic carbocycles. The van der Waals surface area contributed by atoms with Crippen LogP contribution >= 0.6 is 11.8 Å². The second-order valence-electron chi connectivity index (χ2n) is 6.63. The van der Waals surface area contributed by atoms with Crippen LogP contribution in [0.3, 0.4) is 0 Å². The summed E-state index contributed by atoms with van der Waals surface area (Å²) in [5, 5.41) is -0.543. The van der Waals surface area contributed by atoms with Crippen molar-refractivity contribution in [1.82, 2.24) is 4.90 Å². The Labute approximate surface area is 177 Å². The highest BCUT2D eigenvalue weighted by atomic mass is 32.2. The van der Waals surface area contributed by atoms with E-state index >= 15 is 0 Å². The Kier molecular flexibility index (Phi) is 6.68. The van der Waals surface area contributed by atoms with Gasteiger partial charge in [-0.15, -0.1) is 0 Å². The number of imide groups is 1. The third kappa shape index (κ3) is 5.36. The largest absolute Gasteiger partial charge is 0.462 e. The van der Waals surface area contributed by atoms with E-state index in [9.17, 15) is 19.2 Å². The molecule has 0 bridgehead atoms. The SMILES string of the molecule is CC(C)OC(=O)CN1C(=O)S/C(=C\c2cccc(OC(=O)c3ccccc3)c2)C1=O. The molecule has 0 N–H and O–H groups in total. The molecule has 8 heteroatoms. The lowest BCUT2D eigenvalue weighted by molar-refractivity contribution is -0.149. The number of carbonyl (C=O) groups excluding carboxylic acids is 4. The van der Waals surface area contributed by atoms with Gasteiger partial charge in [0.2, 0.25) is 0 Å². The van der Waals surface area contributed by atoms with Crippen molar-refractivity contribution in [3.8, 4) is 5.75 Å². The van der Waals surface area contributed by atoms with Crippen molar-refractivity contribution in [2.75, 3.05) is 6.54 Å². The zero-order valence-electron chi connectivity index (χ0n) is 16.4. The number of hydrogen-bond donors (Lipinski definition) is 0. The van der Waals surface area contributed by atoms with Gasteiger partial charge in [0.05, 0.1) is 16.6 Å². The lowest BCUT2D eigenvalue weighted by Crippen LogP contribution is -2.35. The Balaban J connectivity index is 1.72. The van der Waals surface area contributed by atoms with Crippen LogP contribution in [0.25, 0.3) is 6.08 Å². The summed E-state index contributed by atoms with van der Waals surface area (Å²) >= 11 is 0.737. The molecule has 0 spiro atoms. The van der Waals surface area contributed by atoms with E-state index in [1.54, 1.807) is 68.4 Å². The maximum absolute atomic E-state index is 12.5. The van der Waals surface area contributed by atoms with Crippen molar-refractivity contribution < 1.29 is 28.7 Å². The highest BCUT2D eigenvalue weighted by Crippen LogP contribution is 2.32. The second-order valence-corrected chi connectivity index (χ2v) is 7.63. The summed E-state index contributed by atoms with van der Waals surface area (Å²) in [5.74, 6) is -1.42. The fourth-order valence-corrected chi connectivity index (χ4v) is 3.46. The molecule has 3 rings (SSSR count). The van der Waals surface area contributed by atoms with Crippen molar-refractivity contribution >= 4 is 40.9 Å². The molecule has 7 nitrogen and oxygen atoms in total. The van der Waals surface area contributed by atoms with Gasteiger partial charge in [0.25, 0.3) is 11.1 Å². The van der Waals surface area contributed by atoms with Crippen LogP contribution in [-0.4, -0.2) is 40.6 Å². The van der Waals surface area contributed by atoms with Gasteiger partial charge >= 0.3 is 11.9 Å². The van der Waals surface area contributed by atoms with Crippen LogP contribution in [0.4, 0.5) is 4.79 Å². The molecule has 2 aromatic carbocycles. The summed E-state index contributed by atoms with van der Waals surface area (Å²) in [4.78, 5) is 49.6. The maximum atomic E-state index is 12.5. The number of rotatable bonds is 6. The molecule has 1 heterocycles. The van der Waals surface area contributed by atoms with Gasteiger partial charge in [0.15, 0.2) is 0 Å². The second kappa shape index (κ2) is 9.41. The lowest BCUT2D eigenvalue weighted by atomic mass is 10.2. The minimum atomic E-state index is -0.650. The van der Waals surface area contributed by atoms with Gasteiger partial charge in [-0.1, -0.05) is 30.3 Å². The number of amides is 2. The summed E-state index contributed by atoms with van der Waals surface area (Å²) in [6, 6.07) is 15.1. The first-order valence-electron chi connectivity index (χ1n) is 9.15. The number of carbonyl (C=O) groups is 4. The van der Waals surface area contributed by atoms with E-state index in [2.05, 4.69) is 0 Å². The van der Waals surface area contributed by atoms with Crippen molar-refractivity contribution in [1.29, 1.82) is 0 Å². The fourth-order valence-electron chi connectivity index (χ4n) is 2.62. The molecular weight excluding hydrogens is 406 g/mol. The van der Waals surface area contributed by atoms with Crippen LogP contribution in [0.5, 0.6) is 5.75 Å². The monoisotopic (exact) mass is 425 g/mol. The molecule has 2 amide bonds. The summed E-state index contributed by atoms with van der Waals surface area (Å²) in [7, 11) is 0. The normalized spacial score (nSPS) is 15.0.